The van der Waals surface area contributed by atoms with Crippen LogP contribution in [0.2, 0.25) is 5.15 Å². The SMILES string of the molecule is COc1cc(Nc2nc3n(n2)CC[C@@H](C)CC3c2ccc(F)cc2)ccc1-n1cnc(Cl)c1. The second kappa shape index (κ2) is 8.86. The summed E-state index contributed by atoms with van der Waals surface area (Å²) in [7, 11) is 1.62. The van der Waals surface area contributed by atoms with Gasteiger partial charge in [-0.15, -0.1) is 5.10 Å². The van der Waals surface area contributed by atoms with E-state index in [0.29, 0.717) is 22.8 Å². The van der Waals surface area contributed by atoms with Gasteiger partial charge in [0.1, 0.15) is 28.9 Å². The third-order valence-corrected chi connectivity index (χ3v) is 6.22. The highest BCUT2D eigenvalue weighted by Crippen LogP contribution is 2.35. The van der Waals surface area contributed by atoms with Gasteiger partial charge in [0.05, 0.1) is 12.8 Å². The minimum atomic E-state index is -0.236. The van der Waals surface area contributed by atoms with Crippen molar-refractivity contribution in [3.63, 3.8) is 0 Å². The van der Waals surface area contributed by atoms with Crippen LogP contribution in [0.5, 0.6) is 5.75 Å². The minimum Gasteiger partial charge on any atom is -0.494 e. The molecule has 3 heterocycles. The van der Waals surface area contributed by atoms with Crippen LogP contribution in [-0.4, -0.2) is 31.4 Å². The van der Waals surface area contributed by atoms with E-state index in [9.17, 15) is 4.39 Å². The zero-order valence-corrected chi connectivity index (χ0v) is 19.1. The molecule has 2 aromatic heterocycles. The van der Waals surface area contributed by atoms with Crippen LogP contribution in [0, 0.1) is 11.7 Å². The molecule has 0 aliphatic carbocycles. The summed E-state index contributed by atoms with van der Waals surface area (Å²) in [6.45, 7) is 3.04. The van der Waals surface area contributed by atoms with Crippen LogP contribution in [0.25, 0.3) is 5.69 Å². The Labute approximate surface area is 196 Å². The highest BCUT2D eigenvalue weighted by atomic mass is 35.5. The van der Waals surface area contributed by atoms with Gasteiger partial charge in [-0.2, -0.15) is 4.98 Å². The molecule has 9 heteroatoms. The van der Waals surface area contributed by atoms with Crippen molar-refractivity contribution in [2.45, 2.75) is 32.2 Å². The second-order valence-corrected chi connectivity index (χ2v) is 8.75. The molecule has 2 aromatic carbocycles. The molecular formula is C24H24ClFN6O. The molecule has 0 spiro atoms. The van der Waals surface area contributed by atoms with Crippen LogP contribution >= 0.6 is 11.6 Å². The highest BCUT2D eigenvalue weighted by molar-refractivity contribution is 6.29. The Morgan fingerprint density at radius 1 is 1.18 bits per heavy atom. The molecular weight excluding hydrogens is 443 g/mol. The van der Waals surface area contributed by atoms with Gasteiger partial charge < -0.3 is 14.6 Å². The first-order valence-corrected chi connectivity index (χ1v) is 11.2. The summed E-state index contributed by atoms with van der Waals surface area (Å²) in [5.74, 6) is 2.42. The number of fused-ring (bicyclic) bond motifs is 1. The van der Waals surface area contributed by atoms with E-state index < -0.39 is 0 Å². The maximum absolute atomic E-state index is 13.5. The molecule has 170 valence electrons. The number of rotatable bonds is 5. The fraction of sp³-hybridized carbons (Fsp3) is 0.292. The van der Waals surface area contributed by atoms with Crippen molar-refractivity contribution in [2.24, 2.45) is 5.92 Å². The average Bonchev–Trinajstić information content (AvgIpc) is 3.39. The van der Waals surface area contributed by atoms with Gasteiger partial charge in [-0.3, -0.25) is 0 Å². The summed E-state index contributed by atoms with van der Waals surface area (Å²) in [6, 6.07) is 12.4. The molecule has 1 aliphatic heterocycles. The van der Waals surface area contributed by atoms with E-state index in [0.717, 1.165) is 42.1 Å². The molecule has 0 saturated heterocycles. The molecule has 1 N–H and O–H groups in total. The van der Waals surface area contributed by atoms with Crippen molar-refractivity contribution < 1.29 is 9.13 Å². The number of hydrogen-bond acceptors (Lipinski definition) is 5. The van der Waals surface area contributed by atoms with E-state index in [4.69, 9.17) is 26.4 Å². The van der Waals surface area contributed by atoms with Gasteiger partial charge in [0.2, 0.25) is 5.95 Å². The van der Waals surface area contributed by atoms with Crippen LogP contribution in [0.15, 0.2) is 55.0 Å². The Balaban J connectivity index is 1.44. The van der Waals surface area contributed by atoms with Crippen LogP contribution in [0.1, 0.15) is 37.1 Å². The van der Waals surface area contributed by atoms with Crippen molar-refractivity contribution in [3.05, 3.63) is 77.3 Å². The van der Waals surface area contributed by atoms with Gasteiger partial charge in [-0.25, -0.2) is 14.1 Å². The zero-order valence-electron chi connectivity index (χ0n) is 18.4. The van der Waals surface area contributed by atoms with E-state index in [1.165, 1.54) is 12.1 Å². The molecule has 7 nitrogen and oxygen atoms in total. The van der Waals surface area contributed by atoms with Crippen LogP contribution in [-0.2, 0) is 6.54 Å². The summed E-state index contributed by atoms with van der Waals surface area (Å²) in [5, 5.41) is 8.43. The van der Waals surface area contributed by atoms with Gasteiger partial charge >= 0.3 is 0 Å². The first-order chi connectivity index (χ1) is 16.0. The number of ether oxygens (including phenoxy) is 1. The standard InChI is InChI=1S/C24H24ClFN6O/c1-15-9-10-32-23(19(11-15)16-3-5-17(26)6-4-16)29-24(30-32)28-18-7-8-20(21(12-18)33-2)31-13-22(25)27-14-31/h3-8,12-15,19H,9-11H2,1-2H3,(H,28,30)/t15-,19?/m1/s1. The predicted octanol–water partition coefficient (Wildman–Crippen LogP) is 5.57. The Hall–Kier alpha value is -3.39. The zero-order chi connectivity index (χ0) is 22.9. The Morgan fingerprint density at radius 3 is 2.73 bits per heavy atom. The maximum Gasteiger partial charge on any atom is 0.246 e. The topological polar surface area (TPSA) is 69.8 Å². The molecule has 33 heavy (non-hydrogen) atoms. The van der Waals surface area contributed by atoms with E-state index in [1.54, 1.807) is 24.2 Å². The molecule has 1 unspecified atom stereocenters. The number of nitrogens with one attached hydrogen (secondary N) is 1. The van der Waals surface area contributed by atoms with Crippen molar-refractivity contribution in [1.29, 1.82) is 0 Å². The summed E-state index contributed by atoms with van der Waals surface area (Å²) in [6.07, 6.45) is 5.32. The van der Waals surface area contributed by atoms with Gasteiger partial charge in [0, 0.05) is 30.4 Å². The minimum absolute atomic E-state index is 0.0639. The number of benzene rings is 2. The van der Waals surface area contributed by atoms with E-state index >= 15 is 0 Å². The fourth-order valence-corrected chi connectivity index (χ4v) is 4.46. The van der Waals surface area contributed by atoms with Gasteiger partial charge in [0.15, 0.2) is 0 Å². The quantitative estimate of drug-likeness (QED) is 0.416. The van der Waals surface area contributed by atoms with E-state index in [2.05, 4.69) is 17.2 Å². The number of halogens is 2. The fourth-order valence-electron chi connectivity index (χ4n) is 4.31. The molecule has 4 aromatic rings. The molecule has 0 fully saturated rings. The first kappa shape index (κ1) is 21.5. The summed E-state index contributed by atoms with van der Waals surface area (Å²) in [4.78, 5) is 8.89. The molecule has 0 bridgehead atoms. The maximum atomic E-state index is 13.5. The molecule has 2 atom stereocenters. The number of hydrogen-bond donors (Lipinski definition) is 1. The number of imidazole rings is 1. The van der Waals surface area contributed by atoms with E-state index in [1.807, 2.05) is 35.0 Å². The van der Waals surface area contributed by atoms with Gasteiger partial charge in [-0.05, 0) is 48.6 Å². The summed E-state index contributed by atoms with van der Waals surface area (Å²) >= 11 is 5.96. The lowest BCUT2D eigenvalue weighted by Gasteiger charge is -2.16. The molecule has 5 rings (SSSR count). The molecule has 0 radical (unpaired) electrons. The molecule has 0 amide bonds. The Morgan fingerprint density at radius 2 is 2.00 bits per heavy atom. The third-order valence-electron chi connectivity index (χ3n) is 6.02. The number of aryl methyl sites for hydroxylation is 1. The largest absolute Gasteiger partial charge is 0.494 e. The Kier molecular flexibility index (Phi) is 5.76. The first-order valence-electron chi connectivity index (χ1n) is 10.9. The van der Waals surface area contributed by atoms with Crippen molar-refractivity contribution >= 4 is 23.2 Å². The second-order valence-electron chi connectivity index (χ2n) is 8.37. The van der Waals surface area contributed by atoms with Crippen LogP contribution in [0.3, 0.4) is 0 Å². The number of anilines is 2. The summed E-state index contributed by atoms with van der Waals surface area (Å²) in [5.41, 5.74) is 2.67. The average molecular weight is 467 g/mol. The van der Waals surface area contributed by atoms with Crippen molar-refractivity contribution in [1.82, 2.24) is 24.3 Å². The van der Waals surface area contributed by atoms with Crippen LogP contribution in [0.4, 0.5) is 16.0 Å². The lowest BCUT2D eigenvalue weighted by atomic mass is 9.89. The highest BCUT2D eigenvalue weighted by Gasteiger charge is 2.27. The van der Waals surface area contributed by atoms with Gasteiger partial charge in [0.25, 0.3) is 0 Å². The Bertz CT molecular complexity index is 1270. The van der Waals surface area contributed by atoms with E-state index in [-0.39, 0.29) is 11.7 Å². The smallest absolute Gasteiger partial charge is 0.246 e. The lowest BCUT2D eigenvalue weighted by Crippen LogP contribution is -2.09. The normalized spacial score (nSPS) is 17.9. The van der Waals surface area contributed by atoms with Crippen molar-refractivity contribution in [3.8, 4) is 11.4 Å². The lowest BCUT2D eigenvalue weighted by molar-refractivity contribution is 0.413. The molecule has 1 aliphatic rings. The number of methoxy groups -OCH3 is 1. The predicted molar refractivity (Wildman–Crippen MR) is 125 cm³/mol. The monoisotopic (exact) mass is 466 g/mol. The number of nitrogens with zero attached hydrogens (tertiary/aromatic N) is 5. The molecule has 0 saturated carbocycles. The third kappa shape index (κ3) is 4.43. The van der Waals surface area contributed by atoms with Gasteiger partial charge in [-0.1, -0.05) is 30.7 Å². The summed E-state index contributed by atoms with van der Waals surface area (Å²) < 4.78 is 22.8. The number of aromatic nitrogens is 5. The van der Waals surface area contributed by atoms with Crippen molar-refractivity contribution in [2.75, 3.05) is 12.4 Å². The van der Waals surface area contributed by atoms with Crippen LogP contribution < -0.4 is 10.1 Å².